The number of hydrogen-bond acceptors (Lipinski definition) is 3. The minimum atomic E-state index is -0.349. The highest BCUT2D eigenvalue weighted by Crippen LogP contribution is 2.66. The molecule has 112 valence electrons. The highest BCUT2D eigenvalue weighted by molar-refractivity contribution is 5.14. The van der Waals surface area contributed by atoms with Crippen molar-refractivity contribution in [1.82, 2.24) is 5.32 Å². The summed E-state index contributed by atoms with van der Waals surface area (Å²) < 4.78 is 6.51. The summed E-state index contributed by atoms with van der Waals surface area (Å²) in [6.07, 6.45) is 7.33. The summed E-state index contributed by atoms with van der Waals surface area (Å²) in [5, 5.41) is 12.6. The fourth-order valence-electron chi connectivity index (χ4n) is 5.07. The molecule has 0 aliphatic heterocycles. The van der Waals surface area contributed by atoms with Gasteiger partial charge in [-0.05, 0) is 55.9 Å². The third-order valence-corrected chi connectivity index (χ3v) is 7.23. The average molecular weight is 276 g/mol. The molecule has 0 heterocycles. The van der Waals surface area contributed by atoms with Crippen LogP contribution in [0.1, 0.15) is 59.3 Å². The predicted octanol–water partition coefficient (Wildman–Crippen LogP) is 3.25. The number of hydrogen-bond donors (Lipinski definition) is 1. The molecule has 3 nitrogen and oxygen atoms in total. The van der Waals surface area contributed by atoms with Crippen LogP contribution < -0.4 is 5.32 Å². The molecule has 3 fully saturated rings. The first-order chi connectivity index (χ1) is 9.37. The maximum atomic E-state index is 9.37. The fourth-order valence-corrected chi connectivity index (χ4v) is 5.07. The Kier molecular flexibility index (Phi) is 3.19. The van der Waals surface area contributed by atoms with Crippen LogP contribution in [0.2, 0.25) is 0 Å². The highest BCUT2D eigenvalue weighted by atomic mass is 16.5. The van der Waals surface area contributed by atoms with Gasteiger partial charge in [0.05, 0.1) is 18.3 Å². The van der Waals surface area contributed by atoms with Crippen molar-refractivity contribution >= 4 is 0 Å². The second-order valence-corrected chi connectivity index (χ2v) is 8.04. The van der Waals surface area contributed by atoms with E-state index in [0.717, 1.165) is 25.2 Å². The van der Waals surface area contributed by atoms with E-state index in [1.165, 1.54) is 19.3 Å². The molecule has 5 atom stereocenters. The van der Waals surface area contributed by atoms with Crippen molar-refractivity contribution in [2.75, 3.05) is 7.05 Å². The van der Waals surface area contributed by atoms with Gasteiger partial charge in [-0.2, -0.15) is 5.26 Å². The van der Waals surface area contributed by atoms with E-state index in [0.29, 0.717) is 16.9 Å². The lowest BCUT2D eigenvalue weighted by Crippen LogP contribution is -2.41. The molecule has 0 aromatic rings. The number of ether oxygens (including phenoxy) is 1. The standard InChI is InChI=1S/C17H28N2O/c1-15(2)12-5-7-16(15,3)14(9-12)20-13-6-8-17(10-13,11-18)19-4/h12-14,19H,5-10H2,1-4H3. The lowest BCUT2D eigenvalue weighted by atomic mass is 9.70. The molecule has 3 rings (SSSR count). The van der Waals surface area contributed by atoms with E-state index in [-0.39, 0.29) is 11.6 Å². The van der Waals surface area contributed by atoms with Crippen molar-refractivity contribution in [3.63, 3.8) is 0 Å². The van der Waals surface area contributed by atoms with Crippen molar-refractivity contribution in [3.05, 3.63) is 0 Å². The van der Waals surface area contributed by atoms with Crippen LogP contribution in [-0.4, -0.2) is 24.8 Å². The number of nitrogens with one attached hydrogen (secondary N) is 1. The van der Waals surface area contributed by atoms with Crippen molar-refractivity contribution in [2.45, 2.75) is 77.0 Å². The first-order valence-corrected chi connectivity index (χ1v) is 8.12. The maximum Gasteiger partial charge on any atom is 0.109 e. The Bertz CT molecular complexity index is 441. The normalized spacial score (nSPS) is 49.5. The van der Waals surface area contributed by atoms with Crippen LogP contribution in [0.5, 0.6) is 0 Å². The smallest absolute Gasteiger partial charge is 0.109 e. The van der Waals surface area contributed by atoms with Crippen LogP contribution in [0, 0.1) is 28.1 Å². The van der Waals surface area contributed by atoms with E-state index in [1.807, 2.05) is 7.05 Å². The third-order valence-electron chi connectivity index (χ3n) is 7.23. The van der Waals surface area contributed by atoms with E-state index in [4.69, 9.17) is 4.74 Å². The number of rotatable bonds is 3. The van der Waals surface area contributed by atoms with E-state index in [1.54, 1.807) is 0 Å². The van der Waals surface area contributed by atoms with Gasteiger partial charge in [0.15, 0.2) is 0 Å². The van der Waals surface area contributed by atoms with Gasteiger partial charge in [0, 0.05) is 6.42 Å². The van der Waals surface area contributed by atoms with E-state index in [2.05, 4.69) is 32.2 Å². The average Bonchev–Trinajstić information content (AvgIpc) is 2.99. The van der Waals surface area contributed by atoms with E-state index >= 15 is 0 Å². The molecular formula is C17H28N2O. The molecule has 0 aromatic carbocycles. The Labute approximate surface area is 123 Å². The van der Waals surface area contributed by atoms with Crippen LogP contribution in [0.3, 0.4) is 0 Å². The topological polar surface area (TPSA) is 45.0 Å². The van der Waals surface area contributed by atoms with Crippen molar-refractivity contribution in [1.29, 1.82) is 5.26 Å². The zero-order chi connectivity index (χ0) is 14.6. The van der Waals surface area contributed by atoms with Crippen LogP contribution in [0.4, 0.5) is 0 Å². The molecular weight excluding hydrogens is 248 g/mol. The molecule has 3 saturated carbocycles. The molecule has 3 heteroatoms. The Morgan fingerprint density at radius 1 is 1.20 bits per heavy atom. The third kappa shape index (κ3) is 1.77. The number of fused-ring (bicyclic) bond motifs is 2. The Morgan fingerprint density at radius 3 is 2.40 bits per heavy atom. The Hall–Kier alpha value is -0.590. The van der Waals surface area contributed by atoms with Crippen LogP contribution in [0.15, 0.2) is 0 Å². The van der Waals surface area contributed by atoms with E-state index < -0.39 is 0 Å². The van der Waals surface area contributed by atoms with Gasteiger partial charge in [-0.15, -0.1) is 0 Å². The first-order valence-electron chi connectivity index (χ1n) is 8.12. The molecule has 3 aliphatic carbocycles. The number of nitriles is 1. The molecule has 2 bridgehead atoms. The first kappa shape index (κ1) is 14.4. The zero-order valence-corrected chi connectivity index (χ0v) is 13.3. The lowest BCUT2D eigenvalue weighted by Gasteiger charge is -2.40. The molecule has 5 unspecified atom stereocenters. The van der Waals surface area contributed by atoms with Gasteiger partial charge >= 0.3 is 0 Å². The number of nitrogens with zero attached hydrogens (tertiary/aromatic N) is 1. The quantitative estimate of drug-likeness (QED) is 0.860. The monoisotopic (exact) mass is 276 g/mol. The highest BCUT2D eigenvalue weighted by Gasteiger charge is 2.62. The zero-order valence-electron chi connectivity index (χ0n) is 13.3. The fraction of sp³-hybridized carbons (Fsp3) is 0.941. The van der Waals surface area contributed by atoms with Crippen molar-refractivity contribution < 1.29 is 4.74 Å². The summed E-state index contributed by atoms with van der Waals surface area (Å²) in [7, 11) is 1.90. The largest absolute Gasteiger partial charge is 0.374 e. The molecule has 20 heavy (non-hydrogen) atoms. The van der Waals surface area contributed by atoms with Crippen LogP contribution >= 0.6 is 0 Å². The van der Waals surface area contributed by atoms with Gasteiger partial charge in [-0.25, -0.2) is 0 Å². The van der Waals surface area contributed by atoms with Crippen LogP contribution in [0.25, 0.3) is 0 Å². The van der Waals surface area contributed by atoms with Crippen molar-refractivity contribution in [2.24, 2.45) is 16.7 Å². The second kappa shape index (κ2) is 4.45. The van der Waals surface area contributed by atoms with Crippen LogP contribution in [-0.2, 0) is 4.74 Å². The lowest BCUT2D eigenvalue weighted by molar-refractivity contribution is -0.0848. The molecule has 0 amide bonds. The predicted molar refractivity (Wildman–Crippen MR) is 79.1 cm³/mol. The Morgan fingerprint density at radius 2 is 1.95 bits per heavy atom. The van der Waals surface area contributed by atoms with Gasteiger partial charge in [-0.1, -0.05) is 20.8 Å². The molecule has 1 N–H and O–H groups in total. The summed E-state index contributed by atoms with van der Waals surface area (Å²) in [5.41, 5.74) is 0.388. The summed E-state index contributed by atoms with van der Waals surface area (Å²) >= 11 is 0. The molecule has 0 aromatic heterocycles. The summed E-state index contributed by atoms with van der Waals surface area (Å²) in [5.74, 6) is 0.823. The van der Waals surface area contributed by atoms with Gasteiger partial charge in [0.25, 0.3) is 0 Å². The van der Waals surface area contributed by atoms with Gasteiger partial charge in [0.1, 0.15) is 5.54 Å². The second-order valence-electron chi connectivity index (χ2n) is 8.04. The van der Waals surface area contributed by atoms with E-state index in [9.17, 15) is 5.26 Å². The minimum Gasteiger partial charge on any atom is -0.374 e. The summed E-state index contributed by atoms with van der Waals surface area (Å²) in [6, 6.07) is 2.45. The van der Waals surface area contributed by atoms with Crippen molar-refractivity contribution in [3.8, 4) is 6.07 Å². The molecule has 0 radical (unpaired) electrons. The molecule has 3 aliphatic rings. The van der Waals surface area contributed by atoms with Gasteiger partial charge in [-0.3, -0.25) is 0 Å². The SMILES string of the molecule is CNC1(C#N)CCC(OC2CC3CCC2(C)C3(C)C)C1. The maximum absolute atomic E-state index is 9.37. The summed E-state index contributed by atoms with van der Waals surface area (Å²) in [4.78, 5) is 0. The summed E-state index contributed by atoms with van der Waals surface area (Å²) in [6.45, 7) is 7.28. The van der Waals surface area contributed by atoms with Gasteiger partial charge in [0.2, 0.25) is 0 Å². The minimum absolute atomic E-state index is 0.263. The molecule has 0 spiro atoms. The Balaban J connectivity index is 1.68. The van der Waals surface area contributed by atoms with Gasteiger partial charge < -0.3 is 10.1 Å². The molecule has 0 saturated heterocycles.